The van der Waals surface area contributed by atoms with Crippen LogP contribution < -0.4 is 10.6 Å². The minimum atomic E-state index is 0. The van der Waals surface area contributed by atoms with Crippen LogP contribution in [0.2, 0.25) is 0 Å². The van der Waals surface area contributed by atoms with Crippen molar-refractivity contribution in [1.29, 1.82) is 0 Å². The Morgan fingerprint density at radius 2 is 1.70 bits per heavy atom. The highest BCUT2D eigenvalue weighted by Gasteiger charge is 2.01. The Morgan fingerprint density at radius 3 is 2.41 bits per heavy atom. The number of hydrogen-bond acceptors (Lipinski definition) is 2. The van der Waals surface area contributed by atoms with Crippen molar-refractivity contribution in [2.75, 3.05) is 11.9 Å². The first kappa shape index (κ1) is 20.9. The van der Waals surface area contributed by atoms with E-state index in [2.05, 4.69) is 52.9 Å². The third-order valence-electron chi connectivity index (χ3n) is 4.01. The van der Waals surface area contributed by atoms with Crippen LogP contribution in [0.5, 0.6) is 0 Å². The molecule has 3 rings (SSSR count). The van der Waals surface area contributed by atoms with E-state index in [4.69, 9.17) is 4.99 Å². The normalized spacial score (nSPS) is 10.8. The summed E-state index contributed by atoms with van der Waals surface area (Å²) < 4.78 is 0. The molecule has 0 saturated heterocycles. The van der Waals surface area contributed by atoms with Crippen LogP contribution in [0.1, 0.15) is 16.7 Å². The quantitative estimate of drug-likeness (QED) is 0.308. The Hall–Kier alpha value is -2.41. The average Bonchev–Trinajstić information content (AvgIpc) is 2.69. The summed E-state index contributed by atoms with van der Waals surface area (Å²) in [6.07, 6.45) is 4.59. The monoisotopic (exact) mass is 472 g/mol. The molecule has 140 valence electrons. The molecule has 0 unspecified atom stereocenters. The fourth-order valence-corrected chi connectivity index (χ4v) is 2.53. The first-order chi connectivity index (χ1) is 12.8. The standard InChI is InChI=1S/C22H24N4.HI/c1-18-9-11-20(12-10-18)17-25-22(26-21-7-3-2-4-8-21)24-15-13-19-6-5-14-23-16-19;/h2-12,14,16H,13,15,17H2,1H3,(H2,24,25,26);1H. The van der Waals surface area contributed by atoms with Crippen molar-refractivity contribution < 1.29 is 0 Å². The van der Waals surface area contributed by atoms with Crippen LogP contribution in [0.15, 0.2) is 84.1 Å². The summed E-state index contributed by atoms with van der Waals surface area (Å²) in [5.41, 5.74) is 4.67. The Kier molecular flexibility index (Phi) is 8.77. The van der Waals surface area contributed by atoms with Gasteiger partial charge in [0.2, 0.25) is 0 Å². The number of para-hydroxylation sites is 1. The predicted octanol–water partition coefficient (Wildman–Crippen LogP) is 4.81. The molecular formula is C22H25IN4. The predicted molar refractivity (Wildman–Crippen MR) is 124 cm³/mol. The van der Waals surface area contributed by atoms with Gasteiger partial charge in [0, 0.05) is 24.6 Å². The Morgan fingerprint density at radius 1 is 0.926 bits per heavy atom. The van der Waals surface area contributed by atoms with Gasteiger partial charge in [-0.2, -0.15) is 0 Å². The van der Waals surface area contributed by atoms with Crippen LogP contribution in [0.3, 0.4) is 0 Å². The van der Waals surface area contributed by atoms with Crippen LogP contribution in [-0.4, -0.2) is 17.5 Å². The molecule has 4 nitrogen and oxygen atoms in total. The van der Waals surface area contributed by atoms with Crippen molar-refractivity contribution >= 4 is 35.6 Å². The summed E-state index contributed by atoms with van der Waals surface area (Å²) in [5, 5.41) is 6.78. The topological polar surface area (TPSA) is 49.3 Å². The van der Waals surface area contributed by atoms with Gasteiger partial charge >= 0.3 is 0 Å². The van der Waals surface area contributed by atoms with Crippen LogP contribution >= 0.6 is 24.0 Å². The molecule has 0 aliphatic carbocycles. The SMILES string of the molecule is Cc1ccc(CN=C(NCCc2cccnc2)Nc2ccccc2)cc1.I. The van der Waals surface area contributed by atoms with Gasteiger partial charge in [-0.15, -0.1) is 24.0 Å². The minimum absolute atomic E-state index is 0. The number of hydrogen-bond donors (Lipinski definition) is 2. The third kappa shape index (κ3) is 7.38. The number of aryl methyl sites for hydroxylation is 1. The molecule has 0 aliphatic rings. The van der Waals surface area contributed by atoms with E-state index < -0.39 is 0 Å². The van der Waals surface area contributed by atoms with Gasteiger partial charge in [-0.25, -0.2) is 4.99 Å². The molecule has 2 aromatic carbocycles. The summed E-state index contributed by atoms with van der Waals surface area (Å²) in [4.78, 5) is 8.89. The summed E-state index contributed by atoms with van der Waals surface area (Å²) in [5.74, 6) is 0.778. The molecule has 0 atom stereocenters. The second-order valence-corrected chi connectivity index (χ2v) is 6.18. The first-order valence-electron chi connectivity index (χ1n) is 8.84. The zero-order valence-electron chi connectivity index (χ0n) is 15.4. The molecular weight excluding hydrogens is 447 g/mol. The maximum Gasteiger partial charge on any atom is 0.196 e. The zero-order valence-corrected chi connectivity index (χ0v) is 17.8. The molecule has 1 heterocycles. The number of nitrogens with one attached hydrogen (secondary N) is 2. The number of halogens is 1. The minimum Gasteiger partial charge on any atom is -0.356 e. The summed E-state index contributed by atoms with van der Waals surface area (Å²) in [6, 6.07) is 22.6. The molecule has 0 spiro atoms. The number of anilines is 1. The molecule has 0 bridgehead atoms. The first-order valence-corrected chi connectivity index (χ1v) is 8.84. The lowest BCUT2D eigenvalue weighted by molar-refractivity contribution is 0.849. The van der Waals surface area contributed by atoms with Crippen molar-refractivity contribution in [3.63, 3.8) is 0 Å². The number of aliphatic imine (C=N–C) groups is 1. The Balaban J connectivity index is 0.00000261. The van der Waals surface area contributed by atoms with E-state index in [1.165, 1.54) is 16.7 Å². The van der Waals surface area contributed by atoms with Gasteiger partial charge in [0.1, 0.15) is 0 Å². The number of rotatable bonds is 6. The van der Waals surface area contributed by atoms with Gasteiger partial charge in [-0.05, 0) is 42.7 Å². The number of benzene rings is 2. The highest BCUT2D eigenvalue weighted by Crippen LogP contribution is 2.07. The Labute approximate surface area is 178 Å². The number of nitrogens with zero attached hydrogens (tertiary/aromatic N) is 2. The van der Waals surface area contributed by atoms with Crippen LogP contribution in [0.4, 0.5) is 5.69 Å². The molecule has 2 N–H and O–H groups in total. The smallest absolute Gasteiger partial charge is 0.196 e. The van der Waals surface area contributed by atoms with Crippen molar-refractivity contribution in [2.24, 2.45) is 4.99 Å². The molecule has 0 fully saturated rings. The van der Waals surface area contributed by atoms with E-state index in [9.17, 15) is 0 Å². The van der Waals surface area contributed by atoms with Gasteiger partial charge in [0.15, 0.2) is 5.96 Å². The molecule has 0 saturated carbocycles. The van der Waals surface area contributed by atoms with Crippen LogP contribution in [-0.2, 0) is 13.0 Å². The number of pyridine rings is 1. The fourth-order valence-electron chi connectivity index (χ4n) is 2.53. The lowest BCUT2D eigenvalue weighted by Gasteiger charge is -2.13. The largest absolute Gasteiger partial charge is 0.356 e. The van der Waals surface area contributed by atoms with Crippen molar-refractivity contribution in [3.8, 4) is 0 Å². The van der Waals surface area contributed by atoms with Gasteiger partial charge in [0.05, 0.1) is 6.54 Å². The highest BCUT2D eigenvalue weighted by molar-refractivity contribution is 14.0. The van der Waals surface area contributed by atoms with E-state index in [-0.39, 0.29) is 24.0 Å². The molecule has 0 amide bonds. The van der Waals surface area contributed by atoms with E-state index >= 15 is 0 Å². The molecule has 1 aromatic heterocycles. The number of aromatic nitrogens is 1. The van der Waals surface area contributed by atoms with Crippen LogP contribution in [0, 0.1) is 6.92 Å². The second kappa shape index (κ2) is 11.3. The highest BCUT2D eigenvalue weighted by atomic mass is 127. The second-order valence-electron chi connectivity index (χ2n) is 6.18. The van der Waals surface area contributed by atoms with E-state index in [1.54, 1.807) is 6.20 Å². The molecule has 27 heavy (non-hydrogen) atoms. The molecule has 3 aromatic rings. The van der Waals surface area contributed by atoms with E-state index in [0.717, 1.165) is 24.6 Å². The Bertz CT molecular complexity index is 818. The molecule has 0 radical (unpaired) electrons. The third-order valence-corrected chi connectivity index (χ3v) is 4.01. The van der Waals surface area contributed by atoms with Crippen molar-refractivity contribution in [3.05, 3.63) is 95.8 Å². The van der Waals surface area contributed by atoms with E-state index in [1.807, 2.05) is 42.6 Å². The maximum atomic E-state index is 4.73. The van der Waals surface area contributed by atoms with Crippen molar-refractivity contribution in [1.82, 2.24) is 10.3 Å². The van der Waals surface area contributed by atoms with Crippen molar-refractivity contribution in [2.45, 2.75) is 19.9 Å². The lowest BCUT2D eigenvalue weighted by Crippen LogP contribution is -2.32. The fraction of sp³-hybridized carbons (Fsp3) is 0.182. The zero-order chi connectivity index (χ0) is 18.0. The summed E-state index contributed by atoms with van der Waals surface area (Å²) >= 11 is 0. The number of guanidine groups is 1. The van der Waals surface area contributed by atoms with Gasteiger partial charge < -0.3 is 10.6 Å². The van der Waals surface area contributed by atoms with Gasteiger partial charge in [-0.3, -0.25) is 4.98 Å². The summed E-state index contributed by atoms with van der Waals surface area (Å²) in [6.45, 7) is 3.52. The van der Waals surface area contributed by atoms with E-state index in [0.29, 0.717) is 6.54 Å². The maximum absolute atomic E-state index is 4.73. The molecule has 0 aliphatic heterocycles. The van der Waals surface area contributed by atoms with Crippen LogP contribution in [0.25, 0.3) is 0 Å². The lowest BCUT2D eigenvalue weighted by atomic mass is 10.1. The summed E-state index contributed by atoms with van der Waals surface area (Å²) in [7, 11) is 0. The van der Waals surface area contributed by atoms with Gasteiger partial charge in [0.25, 0.3) is 0 Å². The molecule has 5 heteroatoms. The van der Waals surface area contributed by atoms with Gasteiger partial charge in [-0.1, -0.05) is 54.1 Å². The average molecular weight is 472 g/mol.